The molecule has 3 aromatic carbocycles. The first-order chi connectivity index (χ1) is 14.2. The number of hydrogen-bond acceptors (Lipinski definition) is 5. The van der Waals surface area contributed by atoms with Crippen LogP contribution in [0.2, 0.25) is 0 Å². The van der Waals surface area contributed by atoms with Gasteiger partial charge >= 0.3 is 0 Å². The van der Waals surface area contributed by atoms with Crippen molar-refractivity contribution in [1.82, 2.24) is 20.2 Å². The van der Waals surface area contributed by atoms with Gasteiger partial charge in [0.1, 0.15) is 11.6 Å². The summed E-state index contributed by atoms with van der Waals surface area (Å²) in [6.45, 7) is 1.97. The largest absolute Gasteiger partial charge is 0.497 e. The number of anilines is 2. The third kappa shape index (κ3) is 3.14. The molecule has 5 rings (SSSR count). The lowest BCUT2D eigenvalue weighted by atomic mass is 10.1. The number of ether oxygens (including phenoxy) is 1. The average molecular weight is 381 g/mol. The molecule has 0 aliphatic rings. The molecule has 0 fully saturated rings. The summed E-state index contributed by atoms with van der Waals surface area (Å²) >= 11 is 0. The smallest absolute Gasteiger partial charge is 0.160 e. The zero-order chi connectivity index (χ0) is 19.8. The van der Waals surface area contributed by atoms with E-state index in [0.717, 1.165) is 56.1 Å². The number of aromatic nitrogens is 4. The van der Waals surface area contributed by atoms with Crippen molar-refractivity contribution in [3.63, 3.8) is 0 Å². The maximum absolute atomic E-state index is 5.22. The summed E-state index contributed by atoms with van der Waals surface area (Å²) in [5.41, 5.74) is 4.70. The number of methoxy groups -OCH3 is 1. The van der Waals surface area contributed by atoms with Gasteiger partial charge in [-0.3, -0.25) is 0 Å². The van der Waals surface area contributed by atoms with Crippen LogP contribution in [0.4, 0.5) is 11.5 Å². The molecule has 2 N–H and O–H groups in total. The Morgan fingerprint density at radius 1 is 0.897 bits per heavy atom. The molecule has 0 atom stereocenters. The number of hydrogen-bond donors (Lipinski definition) is 2. The van der Waals surface area contributed by atoms with E-state index in [1.807, 2.05) is 61.5 Å². The molecule has 0 spiro atoms. The van der Waals surface area contributed by atoms with E-state index in [4.69, 9.17) is 9.72 Å². The van der Waals surface area contributed by atoms with Gasteiger partial charge in [0.25, 0.3) is 0 Å². The first-order valence-electron chi connectivity index (χ1n) is 9.34. The Labute approximate surface area is 167 Å². The number of rotatable bonds is 4. The quantitative estimate of drug-likeness (QED) is 0.446. The Hall–Kier alpha value is -3.93. The van der Waals surface area contributed by atoms with E-state index < -0.39 is 0 Å². The molecule has 2 heterocycles. The van der Waals surface area contributed by atoms with Gasteiger partial charge in [-0.15, -0.1) is 5.10 Å². The maximum Gasteiger partial charge on any atom is 0.160 e. The monoisotopic (exact) mass is 381 g/mol. The molecule has 0 saturated carbocycles. The Kier molecular flexibility index (Phi) is 4.09. The molecule has 0 amide bonds. The van der Waals surface area contributed by atoms with Crippen LogP contribution in [0.5, 0.6) is 5.75 Å². The van der Waals surface area contributed by atoms with Crippen LogP contribution in [0, 0.1) is 6.92 Å². The second kappa shape index (κ2) is 6.91. The van der Waals surface area contributed by atoms with Gasteiger partial charge in [-0.2, -0.15) is 5.10 Å². The van der Waals surface area contributed by atoms with Gasteiger partial charge in [-0.25, -0.2) is 4.98 Å². The van der Waals surface area contributed by atoms with Gasteiger partial charge < -0.3 is 15.0 Å². The second-order valence-electron chi connectivity index (χ2n) is 6.85. The molecular formula is C23H19N5O. The highest BCUT2D eigenvalue weighted by atomic mass is 16.5. The predicted molar refractivity (Wildman–Crippen MR) is 116 cm³/mol. The molecule has 29 heavy (non-hydrogen) atoms. The topological polar surface area (TPSA) is 75.7 Å². The molecule has 0 unspecified atom stereocenters. The zero-order valence-corrected chi connectivity index (χ0v) is 16.1. The van der Waals surface area contributed by atoms with Gasteiger partial charge in [0.2, 0.25) is 0 Å². The Balaban J connectivity index is 1.50. The highest BCUT2D eigenvalue weighted by molar-refractivity contribution is 5.95. The van der Waals surface area contributed by atoms with Crippen LogP contribution >= 0.6 is 0 Å². The van der Waals surface area contributed by atoms with E-state index in [-0.39, 0.29) is 0 Å². The van der Waals surface area contributed by atoms with E-state index in [1.54, 1.807) is 7.11 Å². The second-order valence-corrected chi connectivity index (χ2v) is 6.85. The molecular weight excluding hydrogens is 362 g/mol. The third-order valence-corrected chi connectivity index (χ3v) is 4.98. The van der Waals surface area contributed by atoms with Crippen LogP contribution in [0.25, 0.3) is 33.2 Å². The molecule has 0 saturated heterocycles. The maximum atomic E-state index is 5.22. The average Bonchev–Trinajstić information content (AvgIpc) is 3.19. The molecule has 142 valence electrons. The fourth-order valence-electron chi connectivity index (χ4n) is 3.44. The standard InChI is InChI=1S/C23H19N5O/c1-14-18-5-3-4-6-19(18)23(28-27-14)24-16-9-12-20-21(13-16)26-22(25-20)15-7-10-17(29-2)11-8-15/h3-13H,1-2H3,(H,24,28)(H,25,26). The minimum atomic E-state index is 0.737. The SMILES string of the molecule is COc1ccc(-c2nc3ccc(Nc4nnc(C)c5ccccc45)cc3[nH]2)cc1. The van der Waals surface area contributed by atoms with Gasteiger partial charge in [0, 0.05) is 22.0 Å². The number of aromatic amines is 1. The van der Waals surface area contributed by atoms with Gasteiger partial charge in [-0.1, -0.05) is 24.3 Å². The number of nitrogens with zero attached hydrogens (tertiary/aromatic N) is 3. The Morgan fingerprint density at radius 3 is 2.48 bits per heavy atom. The minimum Gasteiger partial charge on any atom is -0.497 e. The summed E-state index contributed by atoms with van der Waals surface area (Å²) in [4.78, 5) is 8.09. The van der Waals surface area contributed by atoms with E-state index in [9.17, 15) is 0 Å². The van der Waals surface area contributed by atoms with Crippen LogP contribution < -0.4 is 10.1 Å². The van der Waals surface area contributed by atoms with Crippen molar-refractivity contribution >= 4 is 33.3 Å². The summed E-state index contributed by atoms with van der Waals surface area (Å²) < 4.78 is 5.22. The fourth-order valence-corrected chi connectivity index (χ4v) is 3.44. The molecule has 6 nitrogen and oxygen atoms in total. The lowest BCUT2D eigenvalue weighted by Crippen LogP contribution is -1.98. The van der Waals surface area contributed by atoms with Gasteiger partial charge in [-0.05, 0) is 49.4 Å². The number of aryl methyl sites for hydroxylation is 1. The number of fused-ring (bicyclic) bond motifs is 2. The lowest BCUT2D eigenvalue weighted by Gasteiger charge is -2.09. The van der Waals surface area contributed by atoms with Crippen molar-refractivity contribution < 1.29 is 4.74 Å². The van der Waals surface area contributed by atoms with Crippen LogP contribution in [0.1, 0.15) is 5.69 Å². The first kappa shape index (κ1) is 17.2. The number of benzene rings is 3. The predicted octanol–water partition coefficient (Wildman–Crippen LogP) is 5.23. The molecule has 0 radical (unpaired) electrons. The zero-order valence-electron chi connectivity index (χ0n) is 16.1. The number of nitrogens with one attached hydrogen (secondary N) is 2. The van der Waals surface area contributed by atoms with E-state index in [2.05, 4.69) is 32.6 Å². The van der Waals surface area contributed by atoms with Crippen molar-refractivity contribution in [3.05, 3.63) is 72.4 Å². The van der Waals surface area contributed by atoms with Crippen molar-refractivity contribution in [2.45, 2.75) is 6.92 Å². The van der Waals surface area contributed by atoms with E-state index >= 15 is 0 Å². The normalized spacial score (nSPS) is 11.1. The highest BCUT2D eigenvalue weighted by Crippen LogP contribution is 2.28. The van der Waals surface area contributed by atoms with Crippen molar-refractivity contribution in [3.8, 4) is 17.1 Å². The van der Waals surface area contributed by atoms with Crippen molar-refractivity contribution in [2.75, 3.05) is 12.4 Å². The molecule has 0 aliphatic carbocycles. The van der Waals surface area contributed by atoms with E-state index in [1.165, 1.54) is 0 Å². The van der Waals surface area contributed by atoms with Crippen LogP contribution in [-0.4, -0.2) is 27.3 Å². The third-order valence-electron chi connectivity index (χ3n) is 4.98. The molecule has 5 aromatic rings. The van der Waals surface area contributed by atoms with Crippen molar-refractivity contribution in [2.24, 2.45) is 0 Å². The van der Waals surface area contributed by atoms with Gasteiger partial charge in [0.15, 0.2) is 5.82 Å². The summed E-state index contributed by atoms with van der Waals surface area (Å²) in [5, 5.41) is 14.2. The summed E-state index contributed by atoms with van der Waals surface area (Å²) in [5.74, 6) is 2.38. The van der Waals surface area contributed by atoms with Crippen LogP contribution in [0.3, 0.4) is 0 Å². The van der Waals surface area contributed by atoms with E-state index in [0.29, 0.717) is 0 Å². The minimum absolute atomic E-state index is 0.737. The highest BCUT2D eigenvalue weighted by Gasteiger charge is 2.09. The van der Waals surface area contributed by atoms with Crippen molar-refractivity contribution in [1.29, 1.82) is 0 Å². The summed E-state index contributed by atoms with van der Waals surface area (Å²) in [7, 11) is 1.66. The number of H-pyrrole nitrogens is 1. The van der Waals surface area contributed by atoms with Crippen LogP contribution in [0.15, 0.2) is 66.7 Å². The number of imidazole rings is 1. The lowest BCUT2D eigenvalue weighted by molar-refractivity contribution is 0.415. The Morgan fingerprint density at radius 2 is 1.69 bits per heavy atom. The summed E-state index contributed by atoms with van der Waals surface area (Å²) in [6, 6.07) is 22.0. The fraction of sp³-hybridized carbons (Fsp3) is 0.0870. The summed E-state index contributed by atoms with van der Waals surface area (Å²) in [6.07, 6.45) is 0. The van der Waals surface area contributed by atoms with Gasteiger partial charge in [0.05, 0.1) is 23.8 Å². The molecule has 0 bridgehead atoms. The Bertz CT molecular complexity index is 1320. The molecule has 0 aliphatic heterocycles. The molecule has 2 aromatic heterocycles. The van der Waals surface area contributed by atoms with Crippen LogP contribution in [-0.2, 0) is 0 Å². The first-order valence-corrected chi connectivity index (χ1v) is 9.34. The molecule has 6 heteroatoms.